The van der Waals surface area contributed by atoms with Crippen molar-refractivity contribution in [1.82, 2.24) is 10.6 Å². The third kappa shape index (κ3) is 5.05. The number of alkyl carbamates (subject to hydrolysis) is 1. The van der Waals surface area contributed by atoms with Crippen molar-refractivity contribution < 1.29 is 23.8 Å². The van der Waals surface area contributed by atoms with Crippen LogP contribution in [0.3, 0.4) is 0 Å². The molecular formula is C16H22N2O5. The van der Waals surface area contributed by atoms with Gasteiger partial charge in [0.25, 0.3) is 0 Å². The number of carbonyl (C=O) groups is 2. The van der Waals surface area contributed by atoms with Gasteiger partial charge in [-0.1, -0.05) is 6.07 Å². The predicted molar refractivity (Wildman–Crippen MR) is 83.2 cm³/mol. The highest BCUT2D eigenvalue weighted by Crippen LogP contribution is 2.32. The Balaban J connectivity index is 1.81. The molecule has 1 aliphatic rings. The molecule has 0 spiro atoms. The molecule has 0 aliphatic carbocycles. The van der Waals surface area contributed by atoms with Crippen LogP contribution in [0, 0.1) is 0 Å². The van der Waals surface area contributed by atoms with Crippen molar-refractivity contribution in [3.63, 3.8) is 0 Å². The lowest BCUT2D eigenvalue weighted by atomic mass is 10.2. The number of rotatable bonds is 4. The zero-order chi connectivity index (χ0) is 17.0. The van der Waals surface area contributed by atoms with E-state index < -0.39 is 17.7 Å². The average molecular weight is 322 g/mol. The fourth-order valence-corrected chi connectivity index (χ4v) is 1.94. The second-order valence-electron chi connectivity index (χ2n) is 6.27. The van der Waals surface area contributed by atoms with Gasteiger partial charge in [-0.2, -0.15) is 0 Å². The van der Waals surface area contributed by atoms with E-state index in [-0.39, 0.29) is 12.7 Å². The second-order valence-corrected chi connectivity index (χ2v) is 6.27. The number of amides is 2. The Labute approximate surface area is 135 Å². The summed E-state index contributed by atoms with van der Waals surface area (Å²) in [6.07, 6.45) is -0.622. The van der Waals surface area contributed by atoms with Crippen LogP contribution in [-0.2, 0) is 16.1 Å². The fourth-order valence-electron chi connectivity index (χ4n) is 1.94. The van der Waals surface area contributed by atoms with Crippen molar-refractivity contribution in [2.45, 2.75) is 45.9 Å². The van der Waals surface area contributed by atoms with E-state index in [0.29, 0.717) is 18.0 Å². The first-order valence-electron chi connectivity index (χ1n) is 7.40. The molecule has 0 aromatic heterocycles. The highest BCUT2D eigenvalue weighted by Gasteiger charge is 2.21. The topological polar surface area (TPSA) is 85.9 Å². The summed E-state index contributed by atoms with van der Waals surface area (Å²) in [6.45, 7) is 7.42. The van der Waals surface area contributed by atoms with Crippen LogP contribution in [0.2, 0.25) is 0 Å². The van der Waals surface area contributed by atoms with Crippen LogP contribution < -0.4 is 20.1 Å². The van der Waals surface area contributed by atoms with Crippen molar-refractivity contribution in [1.29, 1.82) is 0 Å². The van der Waals surface area contributed by atoms with E-state index in [1.165, 1.54) is 0 Å². The third-order valence-electron chi connectivity index (χ3n) is 3.03. The number of hydrogen-bond acceptors (Lipinski definition) is 5. The molecule has 2 N–H and O–H groups in total. The van der Waals surface area contributed by atoms with Gasteiger partial charge in [0.1, 0.15) is 11.6 Å². The summed E-state index contributed by atoms with van der Waals surface area (Å²) in [7, 11) is 0. The summed E-state index contributed by atoms with van der Waals surface area (Å²) in [4.78, 5) is 23.6. The van der Waals surface area contributed by atoms with Crippen LogP contribution in [0.5, 0.6) is 11.5 Å². The van der Waals surface area contributed by atoms with E-state index in [0.717, 1.165) is 5.56 Å². The lowest BCUT2D eigenvalue weighted by Crippen LogP contribution is -2.46. The van der Waals surface area contributed by atoms with Crippen LogP contribution in [-0.4, -0.2) is 30.4 Å². The molecule has 0 bridgehead atoms. The smallest absolute Gasteiger partial charge is 0.408 e. The van der Waals surface area contributed by atoms with Crippen molar-refractivity contribution >= 4 is 12.0 Å². The molecule has 1 heterocycles. The molecule has 1 unspecified atom stereocenters. The average Bonchev–Trinajstić information content (AvgIpc) is 2.89. The Kier molecular flexibility index (Phi) is 4.98. The Morgan fingerprint density at radius 3 is 2.65 bits per heavy atom. The van der Waals surface area contributed by atoms with E-state index in [9.17, 15) is 9.59 Å². The van der Waals surface area contributed by atoms with Crippen LogP contribution in [0.25, 0.3) is 0 Å². The molecule has 126 valence electrons. The van der Waals surface area contributed by atoms with E-state index >= 15 is 0 Å². The number of carbonyl (C=O) groups excluding carboxylic acids is 2. The molecule has 0 radical (unpaired) electrons. The van der Waals surface area contributed by atoms with E-state index in [4.69, 9.17) is 14.2 Å². The summed E-state index contributed by atoms with van der Waals surface area (Å²) in [5.74, 6) is 1.06. The normalized spacial score (nSPS) is 14.1. The van der Waals surface area contributed by atoms with Crippen molar-refractivity contribution in [3.8, 4) is 11.5 Å². The molecule has 1 atom stereocenters. The maximum absolute atomic E-state index is 12.0. The zero-order valence-electron chi connectivity index (χ0n) is 13.8. The van der Waals surface area contributed by atoms with Crippen LogP contribution in [0.1, 0.15) is 33.3 Å². The van der Waals surface area contributed by atoms with Gasteiger partial charge in [0, 0.05) is 6.54 Å². The highest BCUT2D eigenvalue weighted by atomic mass is 16.7. The van der Waals surface area contributed by atoms with Gasteiger partial charge in [-0.3, -0.25) is 4.79 Å². The van der Waals surface area contributed by atoms with Gasteiger partial charge in [0.2, 0.25) is 12.7 Å². The molecule has 2 amide bonds. The number of benzene rings is 1. The van der Waals surface area contributed by atoms with Gasteiger partial charge in [-0.05, 0) is 45.4 Å². The maximum Gasteiger partial charge on any atom is 0.408 e. The number of ether oxygens (including phenoxy) is 3. The van der Waals surface area contributed by atoms with E-state index in [1.54, 1.807) is 33.8 Å². The minimum atomic E-state index is -0.695. The monoisotopic (exact) mass is 322 g/mol. The van der Waals surface area contributed by atoms with Crippen LogP contribution in [0.4, 0.5) is 4.79 Å². The summed E-state index contributed by atoms with van der Waals surface area (Å²) < 4.78 is 15.6. The zero-order valence-corrected chi connectivity index (χ0v) is 13.8. The Bertz CT molecular complexity index is 595. The molecule has 1 aromatic rings. The van der Waals surface area contributed by atoms with Gasteiger partial charge in [0.15, 0.2) is 11.5 Å². The first-order chi connectivity index (χ1) is 10.7. The Morgan fingerprint density at radius 1 is 1.26 bits per heavy atom. The molecule has 2 rings (SSSR count). The summed E-state index contributed by atoms with van der Waals surface area (Å²) in [5, 5.41) is 5.25. The van der Waals surface area contributed by atoms with Gasteiger partial charge in [0.05, 0.1) is 0 Å². The summed E-state index contributed by atoms with van der Waals surface area (Å²) >= 11 is 0. The predicted octanol–water partition coefficient (Wildman–Crippen LogP) is 1.94. The molecule has 0 saturated heterocycles. The second kappa shape index (κ2) is 6.76. The molecule has 7 heteroatoms. The largest absolute Gasteiger partial charge is 0.454 e. The minimum Gasteiger partial charge on any atom is -0.454 e. The Morgan fingerprint density at radius 2 is 1.96 bits per heavy atom. The number of hydrogen-bond donors (Lipinski definition) is 2. The number of fused-ring (bicyclic) bond motifs is 1. The SMILES string of the molecule is CC(NC(=O)OC(C)(C)C)C(=O)NCc1ccc2c(c1)OCO2. The molecular weight excluding hydrogens is 300 g/mol. The standard InChI is InChI=1S/C16H22N2O5/c1-10(18-15(20)23-16(2,3)4)14(19)17-8-11-5-6-12-13(7-11)22-9-21-12/h5-7,10H,8-9H2,1-4H3,(H,17,19)(H,18,20). The van der Waals surface area contributed by atoms with Gasteiger partial charge in [-0.25, -0.2) is 4.79 Å². The number of nitrogens with one attached hydrogen (secondary N) is 2. The van der Waals surface area contributed by atoms with Crippen molar-refractivity contribution in [2.75, 3.05) is 6.79 Å². The summed E-state index contributed by atoms with van der Waals surface area (Å²) in [6, 6.07) is 4.76. The van der Waals surface area contributed by atoms with Crippen LogP contribution >= 0.6 is 0 Å². The first-order valence-corrected chi connectivity index (χ1v) is 7.40. The Hall–Kier alpha value is -2.44. The van der Waals surface area contributed by atoms with E-state index in [1.807, 2.05) is 12.1 Å². The molecule has 1 aliphatic heterocycles. The third-order valence-corrected chi connectivity index (χ3v) is 3.03. The molecule has 0 fully saturated rings. The van der Waals surface area contributed by atoms with Gasteiger partial charge >= 0.3 is 6.09 Å². The minimum absolute atomic E-state index is 0.210. The first kappa shape index (κ1) is 16.9. The highest BCUT2D eigenvalue weighted by molar-refractivity contribution is 5.85. The fraction of sp³-hybridized carbons (Fsp3) is 0.500. The maximum atomic E-state index is 12.0. The van der Waals surface area contributed by atoms with Gasteiger partial charge in [-0.15, -0.1) is 0 Å². The molecule has 7 nitrogen and oxygen atoms in total. The lowest BCUT2D eigenvalue weighted by molar-refractivity contribution is -0.122. The molecule has 0 saturated carbocycles. The van der Waals surface area contributed by atoms with Crippen molar-refractivity contribution in [3.05, 3.63) is 23.8 Å². The quantitative estimate of drug-likeness (QED) is 0.885. The molecule has 1 aromatic carbocycles. The van der Waals surface area contributed by atoms with Crippen molar-refractivity contribution in [2.24, 2.45) is 0 Å². The van der Waals surface area contributed by atoms with E-state index in [2.05, 4.69) is 10.6 Å². The van der Waals surface area contributed by atoms with Gasteiger partial charge < -0.3 is 24.8 Å². The van der Waals surface area contributed by atoms with Crippen LogP contribution in [0.15, 0.2) is 18.2 Å². The summed E-state index contributed by atoms with van der Waals surface area (Å²) in [5.41, 5.74) is 0.277. The molecule has 23 heavy (non-hydrogen) atoms. The lowest BCUT2D eigenvalue weighted by Gasteiger charge is -2.21.